The van der Waals surface area contributed by atoms with Crippen molar-refractivity contribution in [3.05, 3.63) is 9.98 Å². The van der Waals surface area contributed by atoms with Crippen LogP contribution in [0.5, 0.6) is 0 Å². The number of hydrogen-bond donors (Lipinski definition) is 1. The molecule has 1 aromatic rings. The SMILES string of the molecule is CCC(C)N1C(=O)CC(Nc2ncc(Br)s2)C1=O. The highest BCUT2D eigenvalue weighted by molar-refractivity contribution is 9.11. The number of rotatable bonds is 4. The van der Waals surface area contributed by atoms with Gasteiger partial charge >= 0.3 is 0 Å². The predicted molar refractivity (Wildman–Crippen MR) is 73.4 cm³/mol. The summed E-state index contributed by atoms with van der Waals surface area (Å²) in [5.74, 6) is -0.261. The van der Waals surface area contributed by atoms with Crippen LogP contribution in [-0.2, 0) is 9.59 Å². The molecule has 1 N–H and O–H groups in total. The number of likely N-dealkylation sites (tertiary alicyclic amines) is 1. The van der Waals surface area contributed by atoms with Crippen LogP contribution in [0.1, 0.15) is 26.7 Å². The van der Waals surface area contributed by atoms with Crippen molar-refractivity contribution in [1.82, 2.24) is 9.88 Å². The molecule has 2 atom stereocenters. The molecule has 5 nitrogen and oxygen atoms in total. The molecule has 0 spiro atoms. The van der Waals surface area contributed by atoms with Gasteiger partial charge in [-0.1, -0.05) is 18.3 Å². The van der Waals surface area contributed by atoms with Crippen molar-refractivity contribution in [3.63, 3.8) is 0 Å². The standard InChI is InChI=1S/C11H14BrN3O2S/c1-3-6(2)15-9(16)4-7(10(15)17)14-11-13-5-8(12)18-11/h5-7H,3-4H2,1-2H3,(H,13,14). The summed E-state index contributed by atoms with van der Waals surface area (Å²) >= 11 is 4.71. The first-order valence-electron chi connectivity index (χ1n) is 5.76. The van der Waals surface area contributed by atoms with E-state index < -0.39 is 6.04 Å². The van der Waals surface area contributed by atoms with Crippen LogP contribution in [0, 0.1) is 0 Å². The lowest BCUT2D eigenvalue weighted by Crippen LogP contribution is -2.40. The summed E-state index contributed by atoms with van der Waals surface area (Å²) in [5, 5.41) is 3.67. The Bertz CT molecular complexity index is 477. The van der Waals surface area contributed by atoms with Gasteiger partial charge in [-0.2, -0.15) is 0 Å². The minimum Gasteiger partial charge on any atom is -0.349 e. The Morgan fingerprint density at radius 2 is 2.39 bits per heavy atom. The Morgan fingerprint density at radius 1 is 1.67 bits per heavy atom. The molecule has 18 heavy (non-hydrogen) atoms. The largest absolute Gasteiger partial charge is 0.349 e. The summed E-state index contributed by atoms with van der Waals surface area (Å²) in [4.78, 5) is 29.4. The molecular formula is C11H14BrN3O2S. The highest BCUT2D eigenvalue weighted by Gasteiger charge is 2.40. The maximum absolute atomic E-state index is 12.1. The van der Waals surface area contributed by atoms with Crippen LogP contribution in [0.15, 0.2) is 9.98 Å². The van der Waals surface area contributed by atoms with Gasteiger partial charge in [-0.15, -0.1) is 0 Å². The molecule has 2 heterocycles. The van der Waals surface area contributed by atoms with Crippen LogP contribution in [-0.4, -0.2) is 33.8 Å². The number of halogens is 1. The Balaban J connectivity index is 2.08. The van der Waals surface area contributed by atoms with Gasteiger partial charge in [0.1, 0.15) is 6.04 Å². The molecule has 1 saturated heterocycles. The molecule has 0 aliphatic carbocycles. The van der Waals surface area contributed by atoms with E-state index in [2.05, 4.69) is 26.2 Å². The molecule has 0 radical (unpaired) electrons. The maximum atomic E-state index is 12.1. The summed E-state index contributed by atoms with van der Waals surface area (Å²) in [6.07, 6.45) is 2.65. The van der Waals surface area contributed by atoms with Crippen LogP contribution in [0.25, 0.3) is 0 Å². The van der Waals surface area contributed by atoms with Gasteiger partial charge in [0.05, 0.1) is 16.4 Å². The van der Waals surface area contributed by atoms with Crippen molar-refractivity contribution in [2.75, 3.05) is 5.32 Å². The minimum absolute atomic E-state index is 0.0418. The fourth-order valence-electron chi connectivity index (χ4n) is 1.88. The monoisotopic (exact) mass is 331 g/mol. The molecule has 98 valence electrons. The number of nitrogens with one attached hydrogen (secondary N) is 1. The molecule has 0 bridgehead atoms. The van der Waals surface area contributed by atoms with E-state index in [1.165, 1.54) is 16.2 Å². The normalized spacial score (nSPS) is 21.5. The van der Waals surface area contributed by atoms with E-state index in [0.29, 0.717) is 5.13 Å². The van der Waals surface area contributed by atoms with E-state index >= 15 is 0 Å². The Morgan fingerprint density at radius 3 is 2.94 bits per heavy atom. The highest BCUT2D eigenvalue weighted by Crippen LogP contribution is 2.26. The van der Waals surface area contributed by atoms with Crippen LogP contribution in [0.3, 0.4) is 0 Å². The number of anilines is 1. The number of carbonyl (C=O) groups is 2. The van der Waals surface area contributed by atoms with Gasteiger partial charge in [0.15, 0.2) is 5.13 Å². The van der Waals surface area contributed by atoms with E-state index in [-0.39, 0.29) is 24.3 Å². The topological polar surface area (TPSA) is 62.3 Å². The number of aromatic nitrogens is 1. The molecular weight excluding hydrogens is 318 g/mol. The zero-order chi connectivity index (χ0) is 13.3. The number of nitrogens with zero attached hydrogens (tertiary/aromatic N) is 2. The highest BCUT2D eigenvalue weighted by atomic mass is 79.9. The quantitative estimate of drug-likeness (QED) is 0.859. The molecule has 7 heteroatoms. The zero-order valence-electron chi connectivity index (χ0n) is 10.1. The van der Waals surface area contributed by atoms with E-state index in [0.717, 1.165) is 10.2 Å². The van der Waals surface area contributed by atoms with E-state index in [4.69, 9.17) is 0 Å². The van der Waals surface area contributed by atoms with Crippen molar-refractivity contribution < 1.29 is 9.59 Å². The van der Waals surface area contributed by atoms with Gasteiger partial charge in [-0.3, -0.25) is 14.5 Å². The Kier molecular flexibility index (Phi) is 4.01. The third-order valence-electron chi connectivity index (χ3n) is 2.99. The first-order valence-corrected chi connectivity index (χ1v) is 7.37. The van der Waals surface area contributed by atoms with Gasteiger partial charge < -0.3 is 5.32 Å². The second-order valence-electron chi connectivity index (χ2n) is 4.23. The molecule has 1 aromatic heterocycles. The minimum atomic E-state index is -0.482. The maximum Gasteiger partial charge on any atom is 0.252 e. The number of imide groups is 1. The van der Waals surface area contributed by atoms with Crippen molar-refractivity contribution in [1.29, 1.82) is 0 Å². The number of carbonyl (C=O) groups excluding carboxylic acids is 2. The van der Waals surface area contributed by atoms with E-state index in [1.54, 1.807) is 6.20 Å². The molecule has 1 aliphatic heterocycles. The summed E-state index contributed by atoms with van der Waals surface area (Å²) in [6.45, 7) is 3.85. The Hall–Kier alpha value is -0.950. The second-order valence-corrected chi connectivity index (χ2v) is 6.64. The van der Waals surface area contributed by atoms with Crippen molar-refractivity contribution >= 4 is 44.2 Å². The molecule has 0 aromatic carbocycles. The number of amides is 2. The van der Waals surface area contributed by atoms with E-state index in [1.807, 2.05) is 13.8 Å². The molecule has 0 saturated carbocycles. The lowest BCUT2D eigenvalue weighted by molar-refractivity contribution is -0.140. The molecule has 1 fully saturated rings. The first kappa shape index (κ1) is 13.5. The van der Waals surface area contributed by atoms with Crippen LogP contribution < -0.4 is 5.32 Å². The number of hydrogen-bond acceptors (Lipinski definition) is 5. The van der Waals surface area contributed by atoms with Crippen molar-refractivity contribution in [2.24, 2.45) is 0 Å². The first-order chi connectivity index (χ1) is 8.52. The Labute approximate surface area is 118 Å². The van der Waals surface area contributed by atoms with Crippen LogP contribution >= 0.6 is 27.3 Å². The van der Waals surface area contributed by atoms with Gasteiger partial charge in [0.2, 0.25) is 5.91 Å². The third-order valence-corrected chi connectivity index (χ3v) is 4.40. The summed E-state index contributed by atoms with van der Waals surface area (Å²) in [5.41, 5.74) is 0. The summed E-state index contributed by atoms with van der Waals surface area (Å²) < 4.78 is 0.889. The molecule has 2 unspecified atom stereocenters. The average Bonchev–Trinajstić information content (AvgIpc) is 2.84. The zero-order valence-corrected chi connectivity index (χ0v) is 12.5. The van der Waals surface area contributed by atoms with Crippen LogP contribution in [0.2, 0.25) is 0 Å². The molecule has 1 aliphatic rings. The lowest BCUT2D eigenvalue weighted by Gasteiger charge is -2.21. The van der Waals surface area contributed by atoms with Crippen molar-refractivity contribution in [3.8, 4) is 0 Å². The lowest BCUT2D eigenvalue weighted by atomic mass is 10.2. The van der Waals surface area contributed by atoms with Crippen molar-refractivity contribution in [2.45, 2.75) is 38.8 Å². The second kappa shape index (κ2) is 5.36. The number of thiazole rings is 1. The van der Waals surface area contributed by atoms with Gasteiger partial charge in [-0.25, -0.2) is 4.98 Å². The van der Waals surface area contributed by atoms with E-state index in [9.17, 15) is 9.59 Å². The fraction of sp³-hybridized carbons (Fsp3) is 0.545. The van der Waals surface area contributed by atoms with Gasteiger partial charge in [-0.05, 0) is 29.3 Å². The summed E-state index contributed by atoms with van der Waals surface area (Å²) in [6, 6.07) is -0.524. The summed E-state index contributed by atoms with van der Waals surface area (Å²) in [7, 11) is 0. The third kappa shape index (κ3) is 2.56. The van der Waals surface area contributed by atoms with Gasteiger partial charge in [0, 0.05) is 6.04 Å². The average molecular weight is 332 g/mol. The predicted octanol–water partition coefficient (Wildman–Crippen LogP) is 2.24. The molecule has 2 rings (SSSR count). The molecule has 2 amide bonds. The van der Waals surface area contributed by atoms with Gasteiger partial charge in [0.25, 0.3) is 5.91 Å². The van der Waals surface area contributed by atoms with Crippen LogP contribution in [0.4, 0.5) is 5.13 Å². The smallest absolute Gasteiger partial charge is 0.252 e. The fourth-order valence-corrected chi connectivity index (χ4v) is 3.04.